The smallest absolute Gasteiger partial charge is 0.312 e. The lowest BCUT2D eigenvalue weighted by Crippen LogP contribution is -2.40. The van der Waals surface area contributed by atoms with Gasteiger partial charge in [0.2, 0.25) is 0 Å². The molecular weight excluding hydrogens is 393 g/mol. The van der Waals surface area contributed by atoms with E-state index < -0.39 is 48.5 Å². The van der Waals surface area contributed by atoms with Crippen LogP contribution in [-0.4, -0.2) is 62.3 Å². The lowest BCUT2D eigenvalue weighted by Gasteiger charge is -2.23. The minimum absolute atomic E-state index is 0.0214. The topological polar surface area (TPSA) is 158 Å². The van der Waals surface area contributed by atoms with E-state index in [4.69, 9.17) is 24.7 Å². The van der Waals surface area contributed by atoms with E-state index in [1.54, 1.807) is 0 Å². The van der Waals surface area contributed by atoms with Gasteiger partial charge >= 0.3 is 24.0 Å². The van der Waals surface area contributed by atoms with Gasteiger partial charge in [-0.05, 0) is 0 Å². The van der Waals surface area contributed by atoms with Crippen LogP contribution in [-0.2, 0) is 33.3 Å². The summed E-state index contributed by atoms with van der Waals surface area (Å²) in [5, 5.41) is 0. The van der Waals surface area contributed by atoms with E-state index in [1.165, 1.54) is 17.8 Å². The highest BCUT2D eigenvalue weighted by atomic mass is 19.1. The Bertz CT molecular complexity index is 965. The van der Waals surface area contributed by atoms with Crippen LogP contribution in [0.5, 0.6) is 0 Å². The molecule has 4 atom stereocenters. The van der Waals surface area contributed by atoms with E-state index in [1.807, 2.05) is 0 Å². The second-order valence-corrected chi connectivity index (χ2v) is 6.22. The predicted molar refractivity (Wildman–Crippen MR) is 91.3 cm³/mol. The normalized spacial score (nSPS) is 23.7. The van der Waals surface area contributed by atoms with Gasteiger partial charge < -0.3 is 24.7 Å². The summed E-state index contributed by atoms with van der Waals surface area (Å²) in [5.41, 5.74) is 5.75. The van der Waals surface area contributed by atoms with Crippen LogP contribution in [0.2, 0.25) is 0 Å². The number of anilines is 1. The maximum atomic E-state index is 13.7. The van der Waals surface area contributed by atoms with Crippen molar-refractivity contribution < 1.29 is 37.7 Å². The van der Waals surface area contributed by atoms with E-state index >= 15 is 0 Å². The maximum Gasteiger partial charge on any atom is 0.312 e. The molecular formula is C16H18FN5O7. The van der Waals surface area contributed by atoms with Crippen molar-refractivity contribution in [3.05, 3.63) is 12.4 Å². The number of nitrogens with zero attached hydrogens (tertiary/aromatic N) is 4. The fourth-order valence-electron chi connectivity index (χ4n) is 3.01. The van der Waals surface area contributed by atoms with Crippen molar-refractivity contribution in [1.29, 1.82) is 0 Å². The third-order valence-corrected chi connectivity index (χ3v) is 4.04. The monoisotopic (exact) mass is 411 g/mol. The molecule has 0 amide bonds. The molecule has 156 valence electrons. The molecule has 29 heavy (non-hydrogen) atoms. The summed E-state index contributed by atoms with van der Waals surface area (Å²) in [6.07, 6.45) is -4.21. The standard InChI is InChI=1S/C16H18FN5O7/c1-6(23)26-4-9-11(27-7(2)24)12(28-8(3)25)15(29-9)22-5-19-10-13(18)20-16(17)21-14(10)22/h5,9,11-12,15H,4H2,1-3H3,(H2,18,20,21)/t9-,11-,12+,15+/m1/s1. The highest BCUT2D eigenvalue weighted by Gasteiger charge is 2.51. The maximum absolute atomic E-state index is 13.7. The lowest BCUT2D eigenvalue weighted by atomic mass is 10.1. The number of rotatable bonds is 5. The minimum atomic E-state index is -1.16. The third-order valence-electron chi connectivity index (χ3n) is 4.04. The second-order valence-electron chi connectivity index (χ2n) is 6.22. The number of hydrogen-bond acceptors (Lipinski definition) is 11. The number of ether oxygens (including phenoxy) is 4. The molecule has 0 saturated carbocycles. The molecule has 1 fully saturated rings. The number of nitrogens with two attached hydrogens (primary N) is 1. The molecule has 1 aliphatic heterocycles. The van der Waals surface area contributed by atoms with Crippen LogP contribution in [0.1, 0.15) is 27.0 Å². The first-order valence-corrected chi connectivity index (χ1v) is 8.46. The summed E-state index contributed by atoms with van der Waals surface area (Å²) in [6, 6.07) is 0. The van der Waals surface area contributed by atoms with E-state index in [2.05, 4.69) is 15.0 Å². The summed E-state index contributed by atoms with van der Waals surface area (Å²) in [7, 11) is 0. The summed E-state index contributed by atoms with van der Waals surface area (Å²) < 4.78 is 36.3. The number of carbonyl (C=O) groups is 3. The summed E-state index contributed by atoms with van der Waals surface area (Å²) in [5.74, 6) is -2.13. The first-order valence-electron chi connectivity index (χ1n) is 8.46. The molecule has 12 nitrogen and oxygen atoms in total. The number of fused-ring (bicyclic) bond motifs is 1. The van der Waals surface area contributed by atoms with Crippen LogP contribution < -0.4 is 5.73 Å². The van der Waals surface area contributed by atoms with Crippen LogP contribution in [0, 0.1) is 6.08 Å². The highest BCUT2D eigenvalue weighted by molar-refractivity contribution is 5.81. The number of imidazole rings is 1. The largest absolute Gasteiger partial charge is 0.463 e. The fraction of sp³-hybridized carbons (Fsp3) is 0.500. The van der Waals surface area contributed by atoms with Gasteiger partial charge in [-0.1, -0.05) is 0 Å². The summed E-state index contributed by atoms with van der Waals surface area (Å²) >= 11 is 0. The van der Waals surface area contributed by atoms with Crippen molar-refractivity contribution in [2.45, 2.75) is 45.3 Å². The quantitative estimate of drug-likeness (QED) is 0.397. The number of hydrogen-bond donors (Lipinski definition) is 1. The molecule has 0 unspecified atom stereocenters. The second kappa shape index (κ2) is 7.95. The molecule has 3 heterocycles. The fourth-order valence-corrected chi connectivity index (χ4v) is 3.01. The van der Waals surface area contributed by atoms with Crippen molar-refractivity contribution in [1.82, 2.24) is 19.5 Å². The molecule has 0 aliphatic carbocycles. The van der Waals surface area contributed by atoms with Crippen molar-refractivity contribution in [2.24, 2.45) is 0 Å². The molecule has 2 aromatic rings. The Morgan fingerprint density at radius 3 is 2.41 bits per heavy atom. The first-order chi connectivity index (χ1) is 13.7. The Morgan fingerprint density at radius 2 is 1.79 bits per heavy atom. The van der Waals surface area contributed by atoms with Crippen molar-refractivity contribution in [3.8, 4) is 0 Å². The van der Waals surface area contributed by atoms with E-state index in [0.717, 1.165) is 13.8 Å². The van der Waals surface area contributed by atoms with Crippen molar-refractivity contribution in [2.75, 3.05) is 12.3 Å². The van der Waals surface area contributed by atoms with Gasteiger partial charge in [-0.2, -0.15) is 14.4 Å². The van der Waals surface area contributed by atoms with E-state index in [0.29, 0.717) is 0 Å². The Kier molecular flexibility index (Phi) is 5.59. The molecule has 2 aromatic heterocycles. The van der Waals surface area contributed by atoms with Crippen molar-refractivity contribution >= 4 is 34.9 Å². The van der Waals surface area contributed by atoms with Gasteiger partial charge in [-0.25, -0.2) is 4.98 Å². The van der Waals surface area contributed by atoms with Crippen LogP contribution >= 0.6 is 0 Å². The van der Waals surface area contributed by atoms with Crippen LogP contribution in [0.15, 0.2) is 6.33 Å². The molecule has 1 saturated heterocycles. The lowest BCUT2D eigenvalue weighted by molar-refractivity contribution is -0.166. The van der Waals surface area contributed by atoms with Gasteiger partial charge in [0.15, 0.2) is 35.4 Å². The van der Waals surface area contributed by atoms with Gasteiger partial charge in [0.1, 0.15) is 12.7 Å². The van der Waals surface area contributed by atoms with Crippen LogP contribution in [0.25, 0.3) is 11.2 Å². The summed E-state index contributed by atoms with van der Waals surface area (Å²) in [6.45, 7) is 3.24. The Balaban J connectivity index is 2.04. The number of aromatic nitrogens is 4. The summed E-state index contributed by atoms with van der Waals surface area (Å²) in [4.78, 5) is 45.5. The molecule has 3 rings (SSSR count). The average molecular weight is 411 g/mol. The minimum Gasteiger partial charge on any atom is -0.463 e. The predicted octanol–water partition coefficient (Wildman–Crippen LogP) is -0.128. The zero-order valence-electron chi connectivity index (χ0n) is 15.7. The van der Waals surface area contributed by atoms with E-state index in [-0.39, 0.29) is 23.6 Å². The van der Waals surface area contributed by atoms with Crippen LogP contribution in [0.4, 0.5) is 10.2 Å². The van der Waals surface area contributed by atoms with Gasteiger partial charge in [-0.15, -0.1) is 0 Å². The average Bonchev–Trinajstić information content (AvgIpc) is 3.15. The number of esters is 3. The number of halogens is 1. The van der Waals surface area contributed by atoms with Crippen molar-refractivity contribution in [3.63, 3.8) is 0 Å². The Morgan fingerprint density at radius 1 is 1.14 bits per heavy atom. The van der Waals surface area contributed by atoms with Gasteiger partial charge in [-0.3, -0.25) is 19.0 Å². The SMILES string of the molecule is CC(=O)OC[C@H]1O[C@H](n2cnc3c(N)nc(F)nc32)[C@@H](OC(C)=O)[C@@H]1OC(C)=O. The van der Waals surface area contributed by atoms with Gasteiger partial charge in [0.25, 0.3) is 0 Å². The Labute approximate surface area is 163 Å². The van der Waals surface area contributed by atoms with Crippen LogP contribution in [0.3, 0.4) is 0 Å². The van der Waals surface area contributed by atoms with Gasteiger partial charge in [0, 0.05) is 20.8 Å². The van der Waals surface area contributed by atoms with Gasteiger partial charge in [0.05, 0.1) is 6.33 Å². The number of carbonyl (C=O) groups excluding carboxylic acids is 3. The third kappa shape index (κ3) is 4.23. The molecule has 0 aromatic carbocycles. The number of nitrogen functional groups attached to an aromatic ring is 1. The first kappa shape index (κ1) is 20.4. The van der Waals surface area contributed by atoms with E-state index in [9.17, 15) is 18.8 Å². The molecule has 0 bridgehead atoms. The zero-order valence-corrected chi connectivity index (χ0v) is 15.7. The molecule has 0 spiro atoms. The molecule has 13 heteroatoms. The molecule has 2 N–H and O–H groups in total. The Hall–Kier alpha value is -3.35. The highest BCUT2D eigenvalue weighted by Crippen LogP contribution is 2.36. The zero-order chi connectivity index (χ0) is 21.3. The molecule has 0 radical (unpaired) electrons. The molecule has 1 aliphatic rings.